The number of rotatable bonds is 1. The molecule has 94 valence electrons. The molecule has 0 aliphatic heterocycles. The van der Waals surface area contributed by atoms with Crippen LogP contribution in [0.5, 0.6) is 0 Å². The van der Waals surface area contributed by atoms with Gasteiger partial charge < -0.3 is 0 Å². The number of nitrogens with zero attached hydrogens (tertiary/aromatic N) is 2. The fourth-order valence-corrected chi connectivity index (χ4v) is 2.29. The minimum Gasteiger partial charge on any atom is -0.228 e. The lowest BCUT2D eigenvalue weighted by Crippen LogP contribution is -1.93. The minimum atomic E-state index is -0.507. The Kier molecular flexibility index (Phi) is 3.09. The molecule has 0 aliphatic carbocycles. The summed E-state index contributed by atoms with van der Waals surface area (Å²) in [4.78, 5) is 8.54. The zero-order chi connectivity index (χ0) is 13.4. The SMILES string of the molecule is Fc1cccc(-c2nc(Cl)c3ccccc3n2)c1Cl. The fourth-order valence-electron chi connectivity index (χ4n) is 1.83. The number of benzene rings is 2. The van der Waals surface area contributed by atoms with Crippen LogP contribution in [-0.2, 0) is 0 Å². The Hall–Kier alpha value is -1.71. The normalized spacial score (nSPS) is 10.9. The molecular formula is C14H7Cl2FN2. The van der Waals surface area contributed by atoms with Gasteiger partial charge in [-0.05, 0) is 24.3 Å². The van der Waals surface area contributed by atoms with Gasteiger partial charge in [-0.3, -0.25) is 0 Å². The first-order chi connectivity index (χ1) is 9.16. The predicted molar refractivity (Wildman–Crippen MR) is 75.0 cm³/mol. The van der Waals surface area contributed by atoms with Crippen LogP contribution in [0.25, 0.3) is 22.3 Å². The molecule has 19 heavy (non-hydrogen) atoms. The summed E-state index contributed by atoms with van der Waals surface area (Å²) in [6, 6.07) is 11.9. The molecule has 1 aromatic heterocycles. The summed E-state index contributed by atoms with van der Waals surface area (Å²) in [5.41, 5.74) is 1.12. The molecule has 0 bridgehead atoms. The number of hydrogen-bond donors (Lipinski definition) is 0. The highest BCUT2D eigenvalue weighted by Gasteiger charge is 2.12. The molecule has 0 unspecified atom stereocenters. The van der Waals surface area contributed by atoms with Crippen LogP contribution < -0.4 is 0 Å². The molecule has 0 saturated heterocycles. The summed E-state index contributed by atoms with van der Waals surface area (Å²) in [5.74, 6) is -0.194. The maximum atomic E-state index is 13.5. The number of halogens is 3. The van der Waals surface area contributed by atoms with E-state index in [-0.39, 0.29) is 5.02 Å². The molecule has 0 atom stereocenters. The van der Waals surface area contributed by atoms with Gasteiger partial charge in [-0.1, -0.05) is 41.4 Å². The van der Waals surface area contributed by atoms with Crippen molar-refractivity contribution in [3.8, 4) is 11.4 Å². The Bertz CT molecular complexity index is 774. The first kappa shape index (κ1) is 12.3. The van der Waals surface area contributed by atoms with Crippen LogP contribution in [0.3, 0.4) is 0 Å². The first-order valence-corrected chi connectivity index (χ1v) is 6.29. The lowest BCUT2D eigenvalue weighted by molar-refractivity contribution is 0.628. The van der Waals surface area contributed by atoms with Crippen molar-refractivity contribution in [2.45, 2.75) is 0 Å². The van der Waals surface area contributed by atoms with E-state index in [0.717, 1.165) is 5.39 Å². The number of para-hydroxylation sites is 1. The quantitative estimate of drug-likeness (QED) is 0.605. The largest absolute Gasteiger partial charge is 0.228 e. The van der Waals surface area contributed by atoms with Crippen molar-refractivity contribution < 1.29 is 4.39 Å². The number of hydrogen-bond acceptors (Lipinski definition) is 2. The maximum Gasteiger partial charge on any atom is 0.163 e. The Labute approximate surface area is 118 Å². The molecule has 0 N–H and O–H groups in total. The topological polar surface area (TPSA) is 25.8 Å². The average Bonchev–Trinajstić information content (AvgIpc) is 2.42. The van der Waals surface area contributed by atoms with Gasteiger partial charge in [-0.2, -0.15) is 0 Å². The standard InChI is InChI=1S/C14H7Cl2FN2/c15-12-9(5-3-6-10(12)17)14-18-11-7-2-1-4-8(11)13(16)19-14/h1-7H. The van der Waals surface area contributed by atoms with Crippen molar-refractivity contribution in [3.05, 3.63) is 58.5 Å². The molecule has 3 aromatic rings. The molecule has 5 heteroatoms. The summed E-state index contributed by atoms with van der Waals surface area (Å²) in [6.07, 6.45) is 0. The molecule has 2 nitrogen and oxygen atoms in total. The van der Waals surface area contributed by atoms with E-state index in [1.165, 1.54) is 6.07 Å². The van der Waals surface area contributed by atoms with E-state index in [4.69, 9.17) is 23.2 Å². The predicted octanol–water partition coefficient (Wildman–Crippen LogP) is 4.74. The van der Waals surface area contributed by atoms with Crippen LogP contribution >= 0.6 is 23.2 Å². The second-order valence-electron chi connectivity index (χ2n) is 3.96. The highest BCUT2D eigenvalue weighted by Crippen LogP contribution is 2.30. The van der Waals surface area contributed by atoms with E-state index in [0.29, 0.717) is 22.1 Å². The molecule has 0 amide bonds. The molecule has 0 fully saturated rings. The van der Waals surface area contributed by atoms with Crippen LogP contribution in [0.15, 0.2) is 42.5 Å². The van der Waals surface area contributed by atoms with Crippen LogP contribution in [0.4, 0.5) is 4.39 Å². The summed E-state index contributed by atoms with van der Waals surface area (Å²) in [5, 5.41) is 1.07. The van der Waals surface area contributed by atoms with E-state index in [2.05, 4.69) is 9.97 Å². The fraction of sp³-hybridized carbons (Fsp3) is 0. The van der Waals surface area contributed by atoms with Crippen molar-refractivity contribution in [2.24, 2.45) is 0 Å². The van der Waals surface area contributed by atoms with E-state index in [9.17, 15) is 4.39 Å². The lowest BCUT2D eigenvalue weighted by Gasteiger charge is -2.06. The average molecular weight is 293 g/mol. The molecule has 2 aromatic carbocycles. The van der Waals surface area contributed by atoms with Crippen LogP contribution in [0, 0.1) is 5.82 Å². The van der Waals surface area contributed by atoms with Crippen molar-refractivity contribution in [3.63, 3.8) is 0 Å². The Morgan fingerprint density at radius 1 is 0.895 bits per heavy atom. The van der Waals surface area contributed by atoms with Gasteiger partial charge in [0, 0.05) is 10.9 Å². The first-order valence-electron chi connectivity index (χ1n) is 5.53. The van der Waals surface area contributed by atoms with Gasteiger partial charge in [0.15, 0.2) is 5.82 Å². The third-order valence-electron chi connectivity index (χ3n) is 2.75. The summed E-state index contributed by atoms with van der Waals surface area (Å²) < 4.78 is 13.5. The van der Waals surface area contributed by atoms with Crippen LogP contribution in [0.2, 0.25) is 10.2 Å². The van der Waals surface area contributed by atoms with E-state index < -0.39 is 5.82 Å². The van der Waals surface area contributed by atoms with Crippen molar-refractivity contribution in [1.82, 2.24) is 9.97 Å². The van der Waals surface area contributed by atoms with E-state index in [1.807, 2.05) is 24.3 Å². The zero-order valence-electron chi connectivity index (χ0n) is 9.57. The van der Waals surface area contributed by atoms with Gasteiger partial charge in [0.1, 0.15) is 11.0 Å². The van der Waals surface area contributed by atoms with Crippen molar-refractivity contribution in [2.75, 3.05) is 0 Å². The van der Waals surface area contributed by atoms with Gasteiger partial charge >= 0.3 is 0 Å². The Morgan fingerprint density at radius 2 is 1.68 bits per heavy atom. The van der Waals surface area contributed by atoms with Gasteiger partial charge in [0.2, 0.25) is 0 Å². The summed E-state index contributed by atoms with van der Waals surface area (Å²) in [7, 11) is 0. The molecule has 0 spiro atoms. The van der Waals surface area contributed by atoms with Gasteiger partial charge in [0.05, 0.1) is 10.5 Å². The number of aromatic nitrogens is 2. The lowest BCUT2D eigenvalue weighted by atomic mass is 10.2. The highest BCUT2D eigenvalue weighted by atomic mass is 35.5. The van der Waals surface area contributed by atoms with E-state index >= 15 is 0 Å². The van der Waals surface area contributed by atoms with Crippen molar-refractivity contribution in [1.29, 1.82) is 0 Å². The molecule has 1 heterocycles. The van der Waals surface area contributed by atoms with Gasteiger partial charge in [-0.25, -0.2) is 14.4 Å². The van der Waals surface area contributed by atoms with Gasteiger partial charge in [-0.15, -0.1) is 0 Å². The maximum absolute atomic E-state index is 13.5. The smallest absolute Gasteiger partial charge is 0.163 e. The Morgan fingerprint density at radius 3 is 2.53 bits per heavy atom. The van der Waals surface area contributed by atoms with E-state index in [1.54, 1.807) is 12.1 Å². The second-order valence-corrected chi connectivity index (χ2v) is 4.69. The zero-order valence-corrected chi connectivity index (χ0v) is 11.1. The molecule has 0 aliphatic rings. The molecule has 0 saturated carbocycles. The molecule has 3 rings (SSSR count). The minimum absolute atomic E-state index is 0.00570. The molecule has 0 radical (unpaired) electrons. The van der Waals surface area contributed by atoms with Crippen LogP contribution in [-0.4, -0.2) is 9.97 Å². The Balaban J connectivity index is 2.29. The molecular weight excluding hydrogens is 286 g/mol. The number of fused-ring (bicyclic) bond motifs is 1. The second kappa shape index (κ2) is 4.76. The third kappa shape index (κ3) is 2.15. The van der Waals surface area contributed by atoms with Gasteiger partial charge in [0.25, 0.3) is 0 Å². The highest BCUT2D eigenvalue weighted by molar-refractivity contribution is 6.35. The third-order valence-corrected chi connectivity index (χ3v) is 3.42. The summed E-state index contributed by atoms with van der Waals surface area (Å²) in [6.45, 7) is 0. The monoisotopic (exact) mass is 292 g/mol. The summed E-state index contributed by atoms with van der Waals surface area (Å²) >= 11 is 12.0. The van der Waals surface area contributed by atoms with Crippen LogP contribution in [0.1, 0.15) is 0 Å². The van der Waals surface area contributed by atoms with Crippen molar-refractivity contribution >= 4 is 34.1 Å².